The Bertz CT molecular complexity index is 503. The molecule has 0 aliphatic rings. The van der Waals surface area contributed by atoms with Crippen molar-refractivity contribution in [3.63, 3.8) is 0 Å². The van der Waals surface area contributed by atoms with Crippen molar-refractivity contribution in [1.82, 2.24) is 10.2 Å². The van der Waals surface area contributed by atoms with E-state index in [-0.39, 0.29) is 11.8 Å². The molecule has 122 valence electrons. The minimum absolute atomic E-state index is 0.0135. The first kappa shape index (κ1) is 18.5. The summed E-state index contributed by atoms with van der Waals surface area (Å²) in [6.07, 6.45) is 1.25. The Balaban J connectivity index is 2.37. The zero-order chi connectivity index (χ0) is 16.5. The zero-order valence-corrected chi connectivity index (χ0v) is 14.3. The molecule has 0 aliphatic carbocycles. The summed E-state index contributed by atoms with van der Waals surface area (Å²) in [4.78, 5) is 25.2. The highest BCUT2D eigenvalue weighted by Crippen LogP contribution is 2.14. The van der Waals surface area contributed by atoms with Gasteiger partial charge in [-0.25, -0.2) is 0 Å². The maximum Gasteiger partial charge on any atom is 0.222 e. The van der Waals surface area contributed by atoms with E-state index in [1.54, 1.807) is 17.9 Å². The van der Waals surface area contributed by atoms with Crippen molar-refractivity contribution in [2.45, 2.75) is 40.2 Å². The van der Waals surface area contributed by atoms with Crippen LogP contribution in [0.3, 0.4) is 0 Å². The fourth-order valence-electron chi connectivity index (χ4n) is 2.00. The lowest BCUT2D eigenvalue weighted by atomic mass is 10.1. The van der Waals surface area contributed by atoms with Gasteiger partial charge in [0.05, 0.1) is 0 Å². The molecule has 4 nitrogen and oxygen atoms in total. The zero-order valence-electron chi connectivity index (χ0n) is 13.6. The number of nitrogens with one attached hydrogen (secondary N) is 1. The smallest absolute Gasteiger partial charge is 0.222 e. The van der Waals surface area contributed by atoms with Crippen LogP contribution in [0.2, 0.25) is 5.02 Å². The van der Waals surface area contributed by atoms with E-state index >= 15 is 0 Å². The van der Waals surface area contributed by atoms with Gasteiger partial charge in [0, 0.05) is 38.0 Å². The second kappa shape index (κ2) is 9.46. The molecular formula is C17H25ClN2O2. The van der Waals surface area contributed by atoms with Gasteiger partial charge in [0.25, 0.3) is 0 Å². The van der Waals surface area contributed by atoms with E-state index in [0.29, 0.717) is 37.0 Å². The minimum atomic E-state index is -0.0734. The summed E-state index contributed by atoms with van der Waals surface area (Å²) in [6.45, 7) is 7.34. The van der Waals surface area contributed by atoms with Crippen LogP contribution in [0.4, 0.5) is 0 Å². The monoisotopic (exact) mass is 324 g/mol. The van der Waals surface area contributed by atoms with Crippen molar-refractivity contribution in [2.75, 3.05) is 13.1 Å². The third-order valence-corrected chi connectivity index (χ3v) is 3.83. The standard InChI is InChI=1S/C17H25ClN2O2/c1-13(2)8-10-20(14(3)21)11-9-17(22)19-12-15-6-4-5-7-16(15)18/h4-7,13H,8-12H2,1-3H3,(H,19,22). The third-order valence-electron chi connectivity index (χ3n) is 3.46. The van der Waals surface area contributed by atoms with Gasteiger partial charge in [-0.2, -0.15) is 0 Å². The average Bonchev–Trinajstić information content (AvgIpc) is 2.45. The van der Waals surface area contributed by atoms with Crippen LogP contribution in [-0.2, 0) is 16.1 Å². The minimum Gasteiger partial charge on any atom is -0.352 e. The first-order valence-corrected chi connectivity index (χ1v) is 8.03. The van der Waals surface area contributed by atoms with Crippen LogP contribution >= 0.6 is 11.6 Å². The lowest BCUT2D eigenvalue weighted by Gasteiger charge is -2.21. The van der Waals surface area contributed by atoms with E-state index in [2.05, 4.69) is 19.2 Å². The molecule has 2 amide bonds. The molecule has 5 heteroatoms. The maximum atomic E-state index is 11.9. The summed E-state index contributed by atoms with van der Waals surface area (Å²) in [5.74, 6) is 0.478. The highest BCUT2D eigenvalue weighted by molar-refractivity contribution is 6.31. The van der Waals surface area contributed by atoms with Crippen LogP contribution in [0, 0.1) is 5.92 Å². The van der Waals surface area contributed by atoms with E-state index in [9.17, 15) is 9.59 Å². The van der Waals surface area contributed by atoms with Crippen molar-refractivity contribution in [3.8, 4) is 0 Å². The van der Waals surface area contributed by atoms with Crippen LogP contribution in [-0.4, -0.2) is 29.8 Å². The number of halogens is 1. The largest absolute Gasteiger partial charge is 0.352 e. The van der Waals surface area contributed by atoms with Gasteiger partial charge in [0.2, 0.25) is 11.8 Å². The molecule has 22 heavy (non-hydrogen) atoms. The van der Waals surface area contributed by atoms with Gasteiger partial charge in [0.15, 0.2) is 0 Å². The van der Waals surface area contributed by atoms with Gasteiger partial charge in [-0.3, -0.25) is 9.59 Å². The molecule has 0 fully saturated rings. The molecule has 1 aromatic rings. The maximum absolute atomic E-state index is 11.9. The molecule has 1 rings (SSSR count). The lowest BCUT2D eigenvalue weighted by molar-refractivity contribution is -0.129. The van der Waals surface area contributed by atoms with E-state index in [1.807, 2.05) is 18.2 Å². The van der Waals surface area contributed by atoms with Crippen LogP contribution < -0.4 is 5.32 Å². The number of hydrogen-bond acceptors (Lipinski definition) is 2. The normalized spacial score (nSPS) is 10.6. The highest BCUT2D eigenvalue weighted by Gasteiger charge is 2.12. The first-order valence-electron chi connectivity index (χ1n) is 7.65. The summed E-state index contributed by atoms with van der Waals surface area (Å²) in [7, 11) is 0. The highest BCUT2D eigenvalue weighted by atomic mass is 35.5. The summed E-state index contributed by atoms with van der Waals surface area (Å²) >= 11 is 6.04. The van der Waals surface area contributed by atoms with Crippen molar-refractivity contribution in [1.29, 1.82) is 0 Å². The summed E-state index contributed by atoms with van der Waals surface area (Å²) in [5.41, 5.74) is 0.890. The van der Waals surface area contributed by atoms with Gasteiger partial charge in [-0.05, 0) is 24.0 Å². The van der Waals surface area contributed by atoms with Crippen LogP contribution in [0.5, 0.6) is 0 Å². The number of amides is 2. The van der Waals surface area contributed by atoms with E-state index in [1.165, 1.54) is 0 Å². The molecule has 1 aromatic carbocycles. The molecule has 0 radical (unpaired) electrons. The molecule has 0 unspecified atom stereocenters. The van der Waals surface area contributed by atoms with Gasteiger partial charge >= 0.3 is 0 Å². The number of carbonyl (C=O) groups is 2. The number of benzene rings is 1. The predicted molar refractivity (Wildman–Crippen MR) is 89.6 cm³/mol. The van der Waals surface area contributed by atoms with Crippen molar-refractivity contribution < 1.29 is 9.59 Å². The fraction of sp³-hybridized carbons (Fsp3) is 0.529. The van der Waals surface area contributed by atoms with Crippen LogP contribution in [0.15, 0.2) is 24.3 Å². The Morgan fingerprint density at radius 1 is 1.23 bits per heavy atom. The molecule has 1 N–H and O–H groups in total. The van der Waals surface area contributed by atoms with Gasteiger partial charge in [-0.1, -0.05) is 43.6 Å². The van der Waals surface area contributed by atoms with Crippen molar-refractivity contribution in [3.05, 3.63) is 34.9 Å². The number of rotatable bonds is 8. The molecule has 0 spiro atoms. The quantitative estimate of drug-likeness (QED) is 0.798. The van der Waals surface area contributed by atoms with E-state index in [0.717, 1.165) is 12.0 Å². The Labute approximate surface area is 137 Å². The number of carbonyl (C=O) groups excluding carboxylic acids is 2. The molecule has 0 aliphatic heterocycles. The first-order chi connectivity index (χ1) is 10.4. The average molecular weight is 325 g/mol. The third kappa shape index (κ3) is 6.94. The van der Waals surface area contributed by atoms with Crippen molar-refractivity contribution >= 4 is 23.4 Å². The summed E-state index contributed by atoms with van der Waals surface area (Å²) in [6, 6.07) is 7.42. The molecule has 0 saturated carbocycles. The molecule has 0 atom stereocenters. The Morgan fingerprint density at radius 2 is 1.91 bits per heavy atom. The van der Waals surface area contributed by atoms with E-state index < -0.39 is 0 Å². The molecule has 0 bridgehead atoms. The second-order valence-electron chi connectivity index (χ2n) is 5.81. The van der Waals surface area contributed by atoms with Gasteiger partial charge in [0.1, 0.15) is 0 Å². The Morgan fingerprint density at radius 3 is 2.50 bits per heavy atom. The van der Waals surface area contributed by atoms with Crippen molar-refractivity contribution in [2.24, 2.45) is 5.92 Å². The number of nitrogens with zero attached hydrogens (tertiary/aromatic N) is 1. The molecule has 0 saturated heterocycles. The van der Waals surface area contributed by atoms with Gasteiger partial charge < -0.3 is 10.2 Å². The molecule has 0 heterocycles. The van der Waals surface area contributed by atoms with Gasteiger partial charge in [-0.15, -0.1) is 0 Å². The lowest BCUT2D eigenvalue weighted by Crippen LogP contribution is -2.34. The SMILES string of the molecule is CC(=O)N(CCC(=O)NCc1ccccc1Cl)CCC(C)C. The Kier molecular flexibility index (Phi) is 7.96. The topological polar surface area (TPSA) is 49.4 Å². The number of hydrogen-bond donors (Lipinski definition) is 1. The predicted octanol–water partition coefficient (Wildman–Crippen LogP) is 3.24. The molecular weight excluding hydrogens is 300 g/mol. The van der Waals surface area contributed by atoms with E-state index in [4.69, 9.17) is 11.6 Å². The summed E-state index contributed by atoms with van der Waals surface area (Å²) in [5, 5.41) is 3.48. The second-order valence-corrected chi connectivity index (χ2v) is 6.21. The summed E-state index contributed by atoms with van der Waals surface area (Å²) < 4.78 is 0. The fourth-order valence-corrected chi connectivity index (χ4v) is 2.20. The Hall–Kier alpha value is -1.55. The molecule has 0 aromatic heterocycles. The van der Waals surface area contributed by atoms with Crippen LogP contribution in [0.25, 0.3) is 0 Å². The van der Waals surface area contributed by atoms with Crippen LogP contribution in [0.1, 0.15) is 39.2 Å².